The maximum atomic E-state index is 12.2. The highest BCUT2D eigenvalue weighted by atomic mass is 16.5. The van der Waals surface area contributed by atoms with Crippen molar-refractivity contribution < 1.29 is 19.1 Å². The second-order valence-electron chi connectivity index (χ2n) is 11.7. The summed E-state index contributed by atoms with van der Waals surface area (Å²) in [7, 11) is 0. The fourth-order valence-corrected chi connectivity index (χ4v) is 5.55. The Balaban J connectivity index is 1.53. The molecule has 0 spiro atoms. The maximum absolute atomic E-state index is 12.2. The van der Waals surface area contributed by atoms with Gasteiger partial charge < -0.3 is 14.4 Å². The molecule has 0 unspecified atom stereocenters. The summed E-state index contributed by atoms with van der Waals surface area (Å²) < 4.78 is 10.9. The van der Waals surface area contributed by atoms with Crippen molar-refractivity contribution in [2.75, 3.05) is 11.5 Å². The Hall–Kier alpha value is -4.90. The fourth-order valence-electron chi connectivity index (χ4n) is 5.55. The summed E-state index contributed by atoms with van der Waals surface area (Å²) in [6, 6.07) is 29.3. The molecule has 0 amide bonds. The van der Waals surface area contributed by atoms with Gasteiger partial charge in [0.25, 0.3) is 0 Å². The summed E-state index contributed by atoms with van der Waals surface area (Å²) in [5.74, 6) is -0.322. The van der Waals surface area contributed by atoms with Gasteiger partial charge in [-0.05, 0) is 96.6 Å². The quantitative estimate of drug-likeness (QED) is 0.114. The number of hydrogen-bond donors (Lipinski definition) is 0. The van der Waals surface area contributed by atoms with Crippen LogP contribution in [-0.2, 0) is 26.2 Å². The molecule has 0 heterocycles. The van der Waals surface area contributed by atoms with E-state index in [4.69, 9.17) is 9.47 Å². The van der Waals surface area contributed by atoms with E-state index in [2.05, 4.69) is 98.6 Å². The molecule has 0 aliphatic heterocycles. The number of benzene rings is 4. The molecule has 0 radical (unpaired) electrons. The first-order chi connectivity index (χ1) is 20.5. The Morgan fingerprint density at radius 1 is 0.744 bits per heavy atom. The summed E-state index contributed by atoms with van der Waals surface area (Å²) in [4.78, 5) is 26.2. The average molecular weight is 572 g/mol. The van der Waals surface area contributed by atoms with Crippen LogP contribution in [0.5, 0.6) is 5.75 Å². The number of carbonyl (C=O) groups excluding carboxylic acids is 2. The van der Waals surface area contributed by atoms with Gasteiger partial charge in [-0.3, -0.25) is 0 Å². The molecule has 5 nitrogen and oxygen atoms in total. The zero-order chi connectivity index (χ0) is 30.9. The third-order valence-electron chi connectivity index (χ3n) is 7.96. The lowest BCUT2D eigenvalue weighted by Crippen LogP contribution is -2.16. The highest BCUT2D eigenvalue weighted by molar-refractivity contribution is 5.89. The van der Waals surface area contributed by atoms with E-state index in [1.54, 1.807) is 13.8 Å². The maximum Gasteiger partial charge on any atom is 0.338 e. The second kappa shape index (κ2) is 11.8. The van der Waals surface area contributed by atoms with E-state index in [1.807, 2.05) is 25.1 Å². The predicted molar refractivity (Wildman–Crippen MR) is 173 cm³/mol. The van der Waals surface area contributed by atoms with Gasteiger partial charge in [0.1, 0.15) is 5.75 Å². The van der Waals surface area contributed by atoms with Crippen LogP contribution in [-0.4, -0.2) is 18.5 Å². The molecule has 0 bridgehead atoms. The van der Waals surface area contributed by atoms with Crippen LogP contribution in [0.3, 0.4) is 0 Å². The Morgan fingerprint density at radius 2 is 1.35 bits per heavy atom. The first kappa shape index (κ1) is 29.6. The Kier molecular flexibility index (Phi) is 8.10. The standard InChI is InChI=1S/C38H37NO4/c1-24(2)36(40)42-21-20-27-12-14-28(15-13-27)39(29-17-19-35(26(5)22-29)43-37(41)25(3)4)30-16-18-32-31-10-8-9-11-33(31)38(6,7)34(32)23-30/h8-19,22-23H,1,3,20-21H2,2,4-7H3. The minimum absolute atomic E-state index is 0.144. The van der Waals surface area contributed by atoms with E-state index in [0.29, 0.717) is 29.9 Å². The van der Waals surface area contributed by atoms with Gasteiger partial charge in [-0.2, -0.15) is 0 Å². The van der Waals surface area contributed by atoms with Gasteiger partial charge in [-0.25, -0.2) is 9.59 Å². The largest absolute Gasteiger partial charge is 0.462 e. The van der Waals surface area contributed by atoms with Crippen molar-refractivity contribution in [2.24, 2.45) is 0 Å². The number of nitrogens with zero attached hydrogens (tertiary/aromatic N) is 1. The first-order valence-corrected chi connectivity index (χ1v) is 14.4. The van der Waals surface area contributed by atoms with Gasteiger partial charge in [0.05, 0.1) is 6.61 Å². The highest BCUT2D eigenvalue weighted by Gasteiger charge is 2.35. The summed E-state index contributed by atoms with van der Waals surface area (Å²) >= 11 is 0. The van der Waals surface area contributed by atoms with Crippen LogP contribution in [0.4, 0.5) is 17.1 Å². The molecular formula is C38H37NO4. The molecule has 0 fully saturated rings. The van der Waals surface area contributed by atoms with Crippen molar-refractivity contribution in [1.29, 1.82) is 0 Å². The zero-order valence-electron chi connectivity index (χ0n) is 25.5. The predicted octanol–water partition coefficient (Wildman–Crippen LogP) is 8.91. The number of rotatable bonds is 9. The van der Waals surface area contributed by atoms with Crippen LogP contribution in [0, 0.1) is 6.92 Å². The number of ether oxygens (including phenoxy) is 2. The van der Waals surface area contributed by atoms with Gasteiger partial charge in [0.15, 0.2) is 0 Å². The lowest BCUT2D eigenvalue weighted by atomic mass is 9.82. The zero-order valence-corrected chi connectivity index (χ0v) is 25.5. The average Bonchev–Trinajstić information content (AvgIpc) is 3.21. The summed E-state index contributed by atoms with van der Waals surface area (Å²) in [6.07, 6.45) is 0.604. The van der Waals surface area contributed by atoms with Crippen molar-refractivity contribution in [1.82, 2.24) is 0 Å². The molecule has 218 valence electrons. The number of carbonyl (C=O) groups is 2. The Bertz CT molecular complexity index is 1750. The Morgan fingerprint density at radius 3 is 2.02 bits per heavy atom. The first-order valence-electron chi connectivity index (χ1n) is 14.4. The van der Waals surface area contributed by atoms with Crippen molar-refractivity contribution in [3.05, 3.63) is 131 Å². The molecule has 5 rings (SSSR count). The van der Waals surface area contributed by atoms with Crippen molar-refractivity contribution in [2.45, 2.75) is 46.5 Å². The monoisotopic (exact) mass is 571 g/mol. The van der Waals surface area contributed by atoms with E-state index >= 15 is 0 Å². The minimum atomic E-state index is -0.447. The number of aryl methyl sites for hydroxylation is 1. The molecule has 0 atom stereocenters. The van der Waals surface area contributed by atoms with Crippen LogP contribution in [0.1, 0.15) is 49.9 Å². The lowest BCUT2D eigenvalue weighted by Gasteiger charge is -2.28. The van der Waals surface area contributed by atoms with E-state index in [1.165, 1.54) is 22.3 Å². The minimum Gasteiger partial charge on any atom is -0.462 e. The highest BCUT2D eigenvalue weighted by Crippen LogP contribution is 2.50. The van der Waals surface area contributed by atoms with E-state index in [9.17, 15) is 9.59 Å². The van der Waals surface area contributed by atoms with Gasteiger partial charge in [0, 0.05) is 40.0 Å². The lowest BCUT2D eigenvalue weighted by molar-refractivity contribution is -0.138. The molecule has 4 aromatic rings. The SMILES string of the molecule is C=C(C)C(=O)OCCc1ccc(N(c2ccc(OC(=O)C(=C)C)c(C)c2)c2ccc3c(c2)C(C)(C)c2ccccc2-3)cc1. The molecule has 0 aromatic heterocycles. The third-order valence-corrected chi connectivity index (χ3v) is 7.96. The molecule has 43 heavy (non-hydrogen) atoms. The third kappa shape index (κ3) is 5.89. The summed E-state index contributed by atoms with van der Waals surface area (Å²) in [5.41, 5.74) is 10.5. The van der Waals surface area contributed by atoms with E-state index in [0.717, 1.165) is 28.2 Å². The van der Waals surface area contributed by atoms with Crippen LogP contribution in [0.15, 0.2) is 109 Å². The topological polar surface area (TPSA) is 55.8 Å². The molecule has 0 N–H and O–H groups in total. The van der Waals surface area contributed by atoms with Gasteiger partial charge >= 0.3 is 11.9 Å². The van der Waals surface area contributed by atoms with Crippen LogP contribution >= 0.6 is 0 Å². The fraction of sp³-hybridized carbons (Fsp3) is 0.211. The van der Waals surface area contributed by atoms with Crippen LogP contribution in [0.2, 0.25) is 0 Å². The van der Waals surface area contributed by atoms with Crippen LogP contribution in [0.25, 0.3) is 11.1 Å². The van der Waals surface area contributed by atoms with Crippen LogP contribution < -0.4 is 9.64 Å². The van der Waals surface area contributed by atoms with Gasteiger partial charge in [-0.1, -0.05) is 69.5 Å². The smallest absolute Gasteiger partial charge is 0.338 e. The van der Waals surface area contributed by atoms with Crippen molar-refractivity contribution >= 4 is 29.0 Å². The molecular weight excluding hydrogens is 534 g/mol. The summed E-state index contributed by atoms with van der Waals surface area (Å²) in [6.45, 7) is 17.4. The van der Waals surface area contributed by atoms with Gasteiger partial charge in [-0.15, -0.1) is 0 Å². The normalized spacial score (nSPS) is 12.6. The number of hydrogen-bond acceptors (Lipinski definition) is 5. The Labute approximate surface area is 254 Å². The van der Waals surface area contributed by atoms with E-state index < -0.39 is 5.97 Å². The summed E-state index contributed by atoms with van der Waals surface area (Å²) in [5, 5.41) is 0. The van der Waals surface area contributed by atoms with E-state index in [-0.39, 0.29) is 11.4 Å². The molecule has 0 saturated carbocycles. The number of esters is 2. The van der Waals surface area contributed by atoms with Crippen molar-refractivity contribution in [3.8, 4) is 16.9 Å². The molecule has 1 aliphatic rings. The molecule has 0 saturated heterocycles. The van der Waals surface area contributed by atoms with Crippen molar-refractivity contribution in [3.63, 3.8) is 0 Å². The second-order valence-corrected chi connectivity index (χ2v) is 11.7. The molecule has 5 heteroatoms. The molecule has 4 aromatic carbocycles. The van der Waals surface area contributed by atoms with Gasteiger partial charge in [0.2, 0.25) is 0 Å². The number of anilines is 3. The number of fused-ring (bicyclic) bond motifs is 3. The molecule has 1 aliphatic carbocycles.